The molecule has 3 nitrogen and oxygen atoms in total. The fourth-order valence-electron chi connectivity index (χ4n) is 2.02. The normalized spacial score (nSPS) is 10.7. The molecule has 19 heavy (non-hydrogen) atoms. The topological polar surface area (TPSA) is 52.3 Å². The molecular weight excluding hydrogens is 238 g/mol. The van der Waals surface area contributed by atoms with Crippen LogP contribution in [0.2, 0.25) is 0 Å². The first-order valence-corrected chi connectivity index (χ1v) is 7.23. The van der Waals surface area contributed by atoms with Crippen LogP contribution in [0.5, 0.6) is 5.75 Å². The predicted molar refractivity (Wildman–Crippen MR) is 78.4 cm³/mol. The van der Waals surface area contributed by atoms with Crippen molar-refractivity contribution in [1.82, 2.24) is 0 Å². The summed E-state index contributed by atoms with van der Waals surface area (Å²) in [5.74, 6) is 0.419. The van der Waals surface area contributed by atoms with Gasteiger partial charge in [-0.2, -0.15) is 0 Å². The summed E-state index contributed by atoms with van der Waals surface area (Å²) in [4.78, 5) is 11.0. The molecule has 0 atom stereocenters. The summed E-state index contributed by atoms with van der Waals surface area (Å²) in [5.41, 5.74) is 5.74. The van der Waals surface area contributed by atoms with E-state index in [1.165, 1.54) is 25.7 Å². The van der Waals surface area contributed by atoms with Crippen molar-refractivity contribution in [3.05, 3.63) is 29.8 Å². The third-order valence-electron chi connectivity index (χ3n) is 3.20. The summed E-state index contributed by atoms with van der Waals surface area (Å²) in [6.07, 6.45) is 7.21. The van der Waals surface area contributed by atoms with Crippen molar-refractivity contribution in [2.24, 2.45) is 5.73 Å². The molecule has 2 N–H and O–H groups in total. The number of rotatable bonds is 9. The number of carbonyl (C=O) groups is 1. The van der Waals surface area contributed by atoms with Crippen molar-refractivity contribution in [1.29, 1.82) is 0 Å². The van der Waals surface area contributed by atoms with E-state index in [0.717, 1.165) is 18.6 Å². The lowest BCUT2D eigenvalue weighted by atomic mass is 10.1. The molecule has 1 aromatic rings. The summed E-state index contributed by atoms with van der Waals surface area (Å²) in [5, 5.41) is 0. The Morgan fingerprint density at radius 2 is 1.63 bits per heavy atom. The van der Waals surface area contributed by atoms with Gasteiger partial charge < -0.3 is 10.5 Å². The van der Waals surface area contributed by atoms with E-state index < -0.39 is 5.91 Å². The Labute approximate surface area is 116 Å². The van der Waals surface area contributed by atoms with Crippen LogP contribution >= 0.6 is 0 Å². The molecule has 0 bridgehead atoms. The number of benzene rings is 1. The first kappa shape index (κ1) is 15.5. The van der Waals surface area contributed by atoms with Gasteiger partial charge in [0.05, 0.1) is 6.10 Å². The average Bonchev–Trinajstić information content (AvgIpc) is 2.42. The van der Waals surface area contributed by atoms with E-state index in [-0.39, 0.29) is 6.10 Å². The zero-order valence-electron chi connectivity index (χ0n) is 12.0. The van der Waals surface area contributed by atoms with Gasteiger partial charge in [-0.3, -0.25) is 4.79 Å². The first-order chi connectivity index (χ1) is 9.17. The molecule has 0 fully saturated rings. The smallest absolute Gasteiger partial charge is 0.248 e. The van der Waals surface area contributed by atoms with Gasteiger partial charge in [-0.05, 0) is 37.1 Å². The van der Waals surface area contributed by atoms with Gasteiger partial charge in [-0.1, -0.05) is 39.5 Å². The second kappa shape index (κ2) is 8.57. The molecule has 0 spiro atoms. The van der Waals surface area contributed by atoms with Crippen LogP contribution in [0.1, 0.15) is 62.7 Å². The van der Waals surface area contributed by atoms with Gasteiger partial charge in [-0.15, -0.1) is 0 Å². The molecule has 0 saturated carbocycles. The molecular formula is C16H25NO2. The second-order valence-electron chi connectivity index (χ2n) is 4.91. The Kier molecular flexibility index (Phi) is 7.01. The van der Waals surface area contributed by atoms with Gasteiger partial charge in [0.2, 0.25) is 5.91 Å². The SMILES string of the molecule is CCCCC(CCCC)Oc1ccc(C(N)=O)cc1. The maximum atomic E-state index is 11.0. The minimum Gasteiger partial charge on any atom is -0.490 e. The standard InChI is InChI=1S/C16H25NO2/c1-3-5-7-14(8-6-4-2)19-15-11-9-13(10-12-15)16(17)18/h9-12,14H,3-8H2,1-2H3,(H2,17,18). The number of amides is 1. The van der Waals surface area contributed by atoms with E-state index in [1.807, 2.05) is 12.1 Å². The molecule has 1 amide bonds. The lowest BCUT2D eigenvalue weighted by molar-refractivity contribution is 0.1000. The number of carbonyl (C=O) groups excluding carboxylic acids is 1. The van der Waals surface area contributed by atoms with Crippen molar-refractivity contribution in [2.45, 2.75) is 58.5 Å². The number of primary amides is 1. The molecule has 0 aliphatic carbocycles. The van der Waals surface area contributed by atoms with E-state index in [0.29, 0.717) is 5.56 Å². The highest BCUT2D eigenvalue weighted by molar-refractivity contribution is 5.92. The largest absolute Gasteiger partial charge is 0.490 e. The average molecular weight is 263 g/mol. The fraction of sp³-hybridized carbons (Fsp3) is 0.562. The van der Waals surface area contributed by atoms with Crippen LogP contribution in [0, 0.1) is 0 Å². The Morgan fingerprint density at radius 1 is 1.11 bits per heavy atom. The van der Waals surface area contributed by atoms with Gasteiger partial charge in [-0.25, -0.2) is 0 Å². The molecule has 0 saturated heterocycles. The summed E-state index contributed by atoms with van der Waals surface area (Å²) in [6.45, 7) is 4.39. The van der Waals surface area contributed by atoms with E-state index in [2.05, 4.69) is 13.8 Å². The van der Waals surface area contributed by atoms with E-state index in [1.54, 1.807) is 12.1 Å². The van der Waals surface area contributed by atoms with E-state index >= 15 is 0 Å². The summed E-state index contributed by atoms with van der Waals surface area (Å²) >= 11 is 0. The minimum atomic E-state index is -0.403. The molecule has 1 aromatic carbocycles. The highest BCUT2D eigenvalue weighted by Crippen LogP contribution is 2.19. The van der Waals surface area contributed by atoms with Gasteiger partial charge >= 0.3 is 0 Å². The van der Waals surface area contributed by atoms with Crippen molar-refractivity contribution in [3.8, 4) is 5.75 Å². The third-order valence-corrected chi connectivity index (χ3v) is 3.20. The molecule has 0 unspecified atom stereocenters. The van der Waals surface area contributed by atoms with Crippen molar-refractivity contribution >= 4 is 5.91 Å². The van der Waals surface area contributed by atoms with Crippen LogP contribution in [0.4, 0.5) is 0 Å². The number of ether oxygens (including phenoxy) is 1. The highest BCUT2D eigenvalue weighted by Gasteiger charge is 2.10. The van der Waals surface area contributed by atoms with Gasteiger partial charge in [0, 0.05) is 5.56 Å². The lowest BCUT2D eigenvalue weighted by Crippen LogP contribution is -2.16. The van der Waals surface area contributed by atoms with Crippen molar-refractivity contribution < 1.29 is 9.53 Å². The van der Waals surface area contributed by atoms with Crippen LogP contribution in [0.25, 0.3) is 0 Å². The Morgan fingerprint density at radius 3 is 2.05 bits per heavy atom. The predicted octanol–water partition coefficient (Wildman–Crippen LogP) is 3.91. The zero-order chi connectivity index (χ0) is 14.1. The van der Waals surface area contributed by atoms with Gasteiger partial charge in [0.1, 0.15) is 5.75 Å². The number of unbranched alkanes of at least 4 members (excludes halogenated alkanes) is 2. The monoisotopic (exact) mass is 263 g/mol. The van der Waals surface area contributed by atoms with Crippen LogP contribution in [-0.4, -0.2) is 12.0 Å². The Balaban J connectivity index is 2.58. The maximum Gasteiger partial charge on any atom is 0.248 e. The minimum absolute atomic E-state index is 0.277. The molecule has 0 heterocycles. The molecule has 0 aromatic heterocycles. The second-order valence-corrected chi connectivity index (χ2v) is 4.91. The lowest BCUT2D eigenvalue weighted by Gasteiger charge is -2.19. The summed E-state index contributed by atoms with van der Waals surface area (Å²) < 4.78 is 6.00. The highest BCUT2D eigenvalue weighted by atomic mass is 16.5. The quantitative estimate of drug-likeness (QED) is 0.734. The van der Waals surface area contributed by atoms with Crippen LogP contribution < -0.4 is 10.5 Å². The number of hydrogen-bond acceptors (Lipinski definition) is 2. The molecule has 106 valence electrons. The van der Waals surface area contributed by atoms with Gasteiger partial charge in [0.25, 0.3) is 0 Å². The molecule has 0 aliphatic rings. The molecule has 0 radical (unpaired) electrons. The van der Waals surface area contributed by atoms with Crippen molar-refractivity contribution in [3.63, 3.8) is 0 Å². The van der Waals surface area contributed by atoms with Crippen LogP contribution in [-0.2, 0) is 0 Å². The molecule has 3 heteroatoms. The van der Waals surface area contributed by atoms with Crippen LogP contribution in [0.15, 0.2) is 24.3 Å². The number of hydrogen-bond donors (Lipinski definition) is 1. The molecule has 1 rings (SSSR count). The van der Waals surface area contributed by atoms with Crippen LogP contribution in [0.3, 0.4) is 0 Å². The summed E-state index contributed by atoms with van der Waals surface area (Å²) in [6, 6.07) is 7.08. The maximum absolute atomic E-state index is 11.0. The Hall–Kier alpha value is -1.51. The van der Waals surface area contributed by atoms with E-state index in [4.69, 9.17) is 10.5 Å². The van der Waals surface area contributed by atoms with Crippen molar-refractivity contribution in [2.75, 3.05) is 0 Å². The summed E-state index contributed by atoms with van der Waals surface area (Å²) in [7, 11) is 0. The first-order valence-electron chi connectivity index (χ1n) is 7.23. The Bertz CT molecular complexity index is 365. The zero-order valence-corrected chi connectivity index (χ0v) is 12.0. The molecule has 0 aliphatic heterocycles. The number of nitrogens with two attached hydrogens (primary N) is 1. The fourth-order valence-corrected chi connectivity index (χ4v) is 2.02. The van der Waals surface area contributed by atoms with E-state index in [9.17, 15) is 4.79 Å². The van der Waals surface area contributed by atoms with Gasteiger partial charge in [0.15, 0.2) is 0 Å². The third kappa shape index (κ3) is 5.77.